The molecule has 7 heteroatoms. The monoisotopic (exact) mass is 405 g/mol. The van der Waals surface area contributed by atoms with Gasteiger partial charge in [0, 0.05) is 17.8 Å². The maximum atomic E-state index is 6.19. The van der Waals surface area contributed by atoms with Crippen molar-refractivity contribution in [2.24, 2.45) is 0 Å². The molecular weight excluding hydrogens is 390 g/mol. The van der Waals surface area contributed by atoms with Gasteiger partial charge in [0.1, 0.15) is 5.82 Å². The fourth-order valence-corrected chi connectivity index (χ4v) is 4.29. The van der Waals surface area contributed by atoms with Crippen molar-refractivity contribution in [3.63, 3.8) is 0 Å². The van der Waals surface area contributed by atoms with E-state index in [0.717, 1.165) is 34.2 Å². The third kappa shape index (κ3) is 3.25. The van der Waals surface area contributed by atoms with E-state index in [1.807, 2.05) is 53.1 Å². The Hall–Kier alpha value is -2.83. The third-order valence-corrected chi connectivity index (χ3v) is 5.76. The van der Waals surface area contributed by atoms with E-state index in [9.17, 15) is 0 Å². The fourth-order valence-electron chi connectivity index (χ4n) is 3.25. The molecule has 0 atom stereocenters. The second-order valence-electron chi connectivity index (χ2n) is 6.43. The number of imidazole rings is 1. The van der Waals surface area contributed by atoms with Gasteiger partial charge < -0.3 is 4.57 Å². The van der Waals surface area contributed by atoms with E-state index in [4.69, 9.17) is 16.6 Å². The predicted molar refractivity (Wildman–Crippen MR) is 113 cm³/mol. The summed E-state index contributed by atoms with van der Waals surface area (Å²) in [5, 5.41) is 10.1. The number of pyridine rings is 1. The van der Waals surface area contributed by atoms with Crippen LogP contribution in [0.3, 0.4) is 0 Å². The number of hydrogen-bond acceptors (Lipinski definition) is 4. The first kappa shape index (κ1) is 17.3. The number of thioether (sulfide) groups is 1. The Morgan fingerprint density at radius 1 is 0.929 bits per heavy atom. The minimum Gasteiger partial charge on any atom is -0.323 e. The van der Waals surface area contributed by atoms with Gasteiger partial charge in [-0.25, -0.2) is 4.98 Å². The molecule has 0 spiro atoms. The Bertz CT molecular complexity index is 1260. The zero-order valence-electron chi connectivity index (χ0n) is 14.9. The minimum absolute atomic E-state index is 0.689. The predicted octanol–water partition coefficient (Wildman–Crippen LogP) is 5.07. The molecule has 2 aromatic carbocycles. The molecule has 0 aliphatic heterocycles. The number of rotatable bonds is 5. The lowest BCUT2D eigenvalue weighted by atomic mass is 10.2. The molecule has 0 aliphatic rings. The van der Waals surface area contributed by atoms with E-state index in [2.05, 4.69) is 39.0 Å². The van der Waals surface area contributed by atoms with Crippen molar-refractivity contribution in [2.75, 3.05) is 0 Å². The van der Waals surface area contributed by atoms with E-state index in [1.54, 1.807) is 11.8 Å². The quantitative estimate of drug-likeness (QED) is 0.383. The van der Waals surface area contributed by atoms with Crippen LogP contribution in [0.5, 0.6) is 0 Å². The minimum atomic E-state index is 0.689. The molecule has 0 N–H and O–H groups in total. The van der Waals surface area contributed by atoms with E-state index in [-0.39, 0.29) is 0 Å². The summed E-state index contributed by atoms with van der Waals surface area (Å²) in [4.78, 5) is 4.85. The molecule has 5 nitrogen and oxygen atoms in total. The summed E-state index contributed by atoms with van der Waals surface area (Å²) in [5.74, 6) is 1.67. The number of nitrogens with zero attached hydrogens (tertiary/aromatic N) is 5. The SMILES string of the molecule is Clc1ccc2c(c1)nc(CSc1nnc3ccccn13)n2Cc1ccccc1. The maximum absolute atomic E-state index is 6.19. The Morgan fingerprint density at radius 2 is 1.79 bits per heavy atom. The van der Waals surface area contributed by atoms with Gasteiger partial charge in [-0.05, 0) is 35.9 Å². The highest BCUT2D eigenvalue weighted by atomic mass is 35.5. The van der Waals surface area contributed by atoms with Gasteiger partial charge in [-0.2, -0.15) is 0 Å². The molecule has 0 saturated carbocycles. The van der Waals surface area contributed by atoms with Crippen LogP contribution < -0.4 is 0 Å². The Morgan fingerprint density at radius 3 is 2.68 bits per heavy atom. The standard InChI is InChI=1S/C21H16ClN5S/c22-16-9-10-18-17(12-16)23-20(27(18)13-15-6-2-1-3-7-15)14-28-21-25-24-19-8-4-5-11-26(19)21/h1-12H,13-14H2. The van der Waals surface area contributed by atoms with Gasteiger partial charge in [0.2, 0.25) is 0 Å². The number of benzene rings is 2. The second-order valence-corrected chi connectivity index (χ2v) is 7.81. The van der Waals surface area contributed by atoms with Crippen molar-refractivity contribution < 1.29 is 0 Å². The Balaban J connectivity index is 1.51. The van der Waals surface area contributed by atoms with E-state index >= 15 is 0 Å². The normalized spacial score (nSPS) is 11.5. The molecule has 0 fully saturated rings. The van der Waals surface area contributed by atoms with Gasteiger partial charge >= 0.3 is 0 Å². The third-order valence-electron chi connectivity index (χ3n) is 4.59. The van der Waals surface area contributed by atoms with Gasteiger partial charge in [-0.15, -0.1) is 10.2 Å². The molecule has 3 aromatic heterocycles. The highest BCUT2D eigenvalue weighted by Crippen LogP contribution is 2.26. The average molecular weight is 406 g/mol. The van der Waals surface area contributed by atoms with Crippen LogP contribution in [0.1, 0.15) is 11.4 Å². The molecule has 5 rings (SSSR count). The smallest absolute Gasteiger partial charge is 0.196 e. The van der Waals surface area contributed by atoms with Crippen molar-refractivity contribution in [2.45, 2.75) is 17.5 Å². The van der Waals surface area contributed by atoms with Crippen LogP contribution in [0.4, 0.5) is 0 Å². The Kier molecular flexibility index (Phi) is 4.50. The zero-order valence-corrected chi connectivity index (χ0v) is 16.4. The molecule has 0 amide bonds. The van der Waals surface area contributed by atoms with E-state index < -0.39 is 0 Å². The number of fused-ring (bicyclic) bond motifs is 2. The molecular formula is C21H16ClN5S. The van der Waals surface area contributed by atoms with Crippen molar-refractivity contribution in [1.82, 2.24) is 24.1 Å². The number of aromatic nitrogens is 5. The van der Waals surface area contributed by atoms with Crippen molar-refractivity contribution in [3.8, 4) is 0 Å². The highest BCUT2D eigenvalue weighted by Gasteiger charge is 2.14. The molecule has 0 bridgehead atoms. The fraction of sp³-hybridized carbons (Fsp3) is 0.0952. The lowest BCUT2D eigenvalue weighted by Crippen LogP contribution is -2.04. The summed E-state index contributed by atoms with van der Waals surface area (Å²) in [5.41, 5.74) is 4.06. The van der Waals surface area contributed by atoms with Gasteiger partial charge in [0.15, 0.2) is 10.8 Å². The van der Waals surface area contributed by atoms with Crippen LogP contribution in [0, 0.1) is 0 Å². The maximum Gasteiger partial charge on any atom is 0.196 e. The molecule has 0 radical (unpaired) electrons. The van der Waals surface area contributed by atoms with Gasteiger partial charge in [0.25, 0.3) is 0 Å². The molecule has 0 unspecified atom stereocenters. The molecule has 5 aromatic rings. The Labute approximate surface area is 171 Å². The van der Waals surface area contributed by atoms with Crippen LogP contribution >= 0.6 is 23.4 Å². The summed E-state index contributed by atoms with van der Waals surface area (Å²) in [6.45, 7) is 0.759. The number of halogens is 1. The first-order chi connectivity index (χ1) is 13.8. The van der Waals surface area contributed by atoms with Crippen molar-refractivity contribution >= 4 is 40.0 Å². The summed E-state index contributed by atoms with van der Waals surface area (Å²) < 4.78 is 4.24. The molecule has 0 saturated heterocycles. The van der Waals surface area contributed by atoms with Crippen LogP contribution in [-0.4, -0.2) is 24.1 Å². The van der Waals surface area contributed by atoms with Crippen LogP contribution in [0.25, 0.3) is 16.7 Å². The largest absolute Gasteiger partial charge is 0.323 e. The molecule has 138 valence electrons. The lowest BCUT2D eigenvalue weighted by Gasteiger charge is -2.09. The van der Waals surface area contributed by atoms with E-state index in [1.165, 1.54) is 5.56 Å². The molecule has 28 heavy (non-hydrogen) atoms. The van der Waals surface area contributed by atoms with E-state index in [0.29, 0.717) is 10.8 Å². The van der Waals surface area contributed by atoms with Crippen molar-refractivity contribution in [3.05, 3.63) is 89.3 Å². The van der Waals surface area contributed by atoms with Crippen LogP contribution in [-0.2, 0) is 12.3 Å². The summed E-state index contributed by atoms with van der Waals surface area (Å²) >= 11 is 7.81. The van der Waals surface area contributed by atoms with Crippen LogP contribution in [0.2, 0.25) is 5.02 Å². The topological polar surface area (TPSA) is 48.0 Å². The zero-order chi connectivity index (χ0) is 18.9. The number of hydrogen-bond donors (Lipinski definition) is 0. The molecule has 0 aliphatic carbocycles. The average Bonchev–Trinajstić information content (AvgIpc) is 3.28. The van der Waals surface area contributed by atoms with Crippen LogP contribution in [0.15, 0.2) is 78.1 Å². The van der Waals surface area contributed by atoms with Gasteiger partial charge in [0.05, 0.1) is 16.8 Å². The summed E-state index contributed by atoms with van der Waals surface area (Å²) in [6, 6.07) is 22.2. The summed E-state index contributed by atoms with van der Waals surface area (Å²) in [7, 11) is 0. The summed E-state index contributed by atoms with van der Waals surface area (Å²) in [6.07, 6.45) is 1.98. The lowest BCUT2D eigenvalue weighted by molar-refractivity contribution is 0.779. The molecule has 3 heterocycles. The first-order valence-corrected chi connectivity index (χ1v) is 10.3. The highest BCUT2D eigenvalue weighted by molar-refractivity contribution is 7.98. The van der Waals surface area contributed by atoms with Crippen molar-refractivity contribution in [1.29, 1.82) is 0 Å². The van der Waals surface area contributed by atoms with Gasteiger partial charge in [-0.1, -0.05) is 59.8 Å². The van der Waals surface area contributed by atoms with Gasteiger partial charge in [-0.3, -0.25) is 4.40 Å². The second kappa shape index (κ2) is 7.30. The first-order valence-electron chi connectivity index (χ1n) is 8.89.